The molecule has 2 nitrogen and oxygen atoms in total. The highest BCUT2D eigenvalue weighted by atomic mass is 32.2. The zero-order chi connectivity index (χ0) is 14.9. The van der Waals surface area contributed by atoms with Gasteiger partial charge in [-0.2, -0.15) is 9.78 Å². The van der Waals surface area contributed by atoms with E-state index >= 15 is 0 Å². The lowest BCUT2D eigenvalue weighted by atomic mass is 9.51. The minimum absolute atomic E-state index is 0.0141. The molecule has 2 rings (SSSR count). The molecule has 2 aliphatic heterocycles. The Kier molecular flexibility index (Phi) is 3.23. The van der Waals surface area contributed by atoms with Gasteiger partial charge in [-0.25, -0.2) is 0 Å². The van der Waals surface area contributed by atoms with E-state index in [1.165, 1.54) is 6.42 Å². The van der Waals surface area contributed by atoms with E-state index < -0.39 is 5.12 Å². The third-order valence-electron chi connectivity index (χ3n) is 5.37. The van der Waals surface area contributed by atoms with Crippen molar-refractivity contribution in [2.24, 2.45) is 22.2 Å². The molecule has 0 aromatic rings. The Balaban J connectivity index is 2.51. The smallest absolute Gasteiger partial charge is 0.182 e. The lowest BCUT2D eigenvalue weighted by Crippen LogP contribution is -2.73. The summed E-state index contributed by atoms with van der Waals surface area (Å²) in [7, 11) is 0. The minimum Gasteiger partial charge on any atom is -0.182 e. The molecule has 0 N–H and O–H groups in total. The predicted octanol–water partition coefficient (Wildman–Crippen LogP) is 5.23. The van der Waals surface area contributed by atoms with E-state index in [2.05, 4.69) is 62.3 Å². The number of thioether (sulfide) groups is 1. The summed E-state index contributed by atoms with van der Waals surface area (Å²) in [6.07, 6.45) is 1.20. The van der Waals surface area contributed by atoms with E-state index in [1.807, 2.05) is 11.8 Å². The molecule has 2 fully saturated rings. The molecule has 19 heavy (non-hydrogen) atoms. The Morgan fingerprint density at radius 2 is 1.42 bits per heavy atom. The van der Waals surface area contributed by atoms with Gasteiger partial charge in [-0.3, -0.25) is 0 Å². The Bertz CT molecular complexity index is 365. The van der Waals surface area contributed by atoms with Crippen LogP contribution in [0.2, 0.25) is 0 Å². The van der Waals surface area contributed by atoms with Crippen molar-refractivity contribution in [1.29, 1.82) is 0 Å². The van der Waals surface area contributed by atoms with Crippen LogP contribution in [-0.2, 0) is 9.78 Å². The molecule has 0 aromatic heterocycles. The van der Waals surface area contributed by atoms with Gasteiger partial charge in [0.2, 0.25) is 0 Å². The number of hydrogen-bond acceptors (Lipinski definition) is 3. The molecule has 0 aromatic carbocycles. The van der Waals surface area contributed by atoms with Gasteiger partial charge in [0.05, 0.1) is 5.41 Å². The first-order chi connectivity index (χ1) is 8.33. The van der Waals surface area contributed by atoms with Crippen molar-refractivity contribution < 1.29 is 9.78 Å². The summed E-state index contributed by atoms with van der Waals surface area (Å²) >= 11 is 1.91. The van der Waals surface area contributed by atoms with Crippen molar-refractivity contribution >= 4 is 11.8 Å². The minimum atomic E-state index is -0.395. The van der Waals surface area contributed by atoms with Gasteiger partial charge in [0.1, 0.15) is 0 Å². The predicted molar refractivity (Wildman–Crippen MR) is 81.7 cm³/mol. The zero-order valence-electron chi connectivity index (χ0n) is 14.0. The maximum atomic E-state index is 5.47. The molecule has 0 saturated carbocycles. The second-order valence-corrected chi connectivity index (χ2v) is 10.3. The molecule has 0 amide bonds. The fourth-order valence-electron chi connectivity index (χ4n) is 3.97. The highest BCUT2D eigenvalue weighted by Crippen LogP contribution is 2.84. The molecule has 3 heteroatoms. The number of rotatable bonds is 2. The standard InChI is InChI=1S/C16H30O2S/c1-11(2)10-15(13(6,7)8)14(9,12(3,4)5)16(19-15)17-18-16/h11H,10H2,1-9H3. The number of hydrogen-bond donors (Lipinski definition) is 0. The molecule has 0 aliphatic carbocycles. The summed E-state index contributed by atoms with van der Waals surface area (Å²) in [4.78, 5) is 10.9. The zero-order valence-corrected chi connectivity index (χ0v) is 14.8. The Labute approximate surface area is 122 Å². The molecular weight excluding hydrogens is 256 g/mol. The lowest BCUT2D eigenvalue weighted by Gasteiger charge is -2.69. The summed E-state index contributed by atoms with van der Waals surface area (Å²) in [5, 5.41) is -0.395. The maximum absolute atomic E-state index is 5.47. The summed E-state index contributed by atoms with van der Waals surface area (Å²) in [5.41, 5.74) is 0.363. The van der Waals surface area contributed by atoms with Crippen LogP contribution in [0.25, 0.3) is 0 Å². The van der Waals surface area contributed by atoms with Crippen LogP contribution < -0.4 is 0 Å². The highest BCUT2D eigenvalue weighted by molar-refractivity contribution is 8.03. The maximum Gasteiger partial charge on any atom is 0.287 e. The average molecular weight is 286 g/mol. The molecule has 0 radical (unpaired) electrons. The van der Waals surface area contributed by atoms with Crippen molar-refractivity contribution in [1.82, 2.24) is 0 Å². The molecule has 2 atom stereocenters. The molecule has 2 unspecified atom stereocenters. The van der Waals surface area contributed by atoms with Crippen LogP contribution in [0.3, 0.4) is 0 Å². The van der Waals surface area contributed by atoms with Gasteiger partial charge in [0.15, 0.2) is 0 Å². The van der Waals surface area contributed by atoms with Crippen LogP contribution >= 0.6 is 11.8 Å². The van der Waals surface area contributed by atoms with Crippen LogP contribution in [0.5, 0.6) is 0 Å². The summed E-state index contributed by atoms with van der Waals surface area (Å²) in [5.74, 6) is 0.671. The molecule has 2 heterocycles. The Morgan fingerprint density at radius 1 is 0.947 bits per heavy atom. The van der Waals surface area contributed by atoms with E-state index in [4.69, 9.17) is 9.78 Å². The SMILES string of the molecule is CC(C)CC1(C(C)(C)C)SC2(OO2)C1(C)C(C)(C)C. The third-order valence-corrected chi connectivity index (χ3v) is 7.72. The summed E-state index contributed by atoms with van der Waals surface area (Å²) < 4.78 is 0.183. The third kappa shape index (κ3) is 1.77. The van der Waals surface area contributed by atoms with Crippen LogP contribution in [0, 0.1) is 22.2 Å². The molecule has 2 saturated heterocycles. The van der Waals surface area contributed by atoms with Crippen LogP contribution in [-0.4, -0.2) is 9.87 Å². The second kappa shape index (κ2) is 3.92. The fourth-order valence-corrected chi connectivity index (χ4v) is 6.43. The second-order valence-electron chi connectivity index (χ2n) is 8.87. The first-order valence-electron chi connectivity index (χ1n) is 7.40. The average Bonchev–Trinajstić information content (AvgIpc) is 2.93. The van der Waals surface area contributed by atoms with Gasteiger partial charge in [0.25, 0.3) is 5.12 Å². The van der Waals surface area contributed by atoms with E-state index in [0.717, 1.165) is 0 Å². The van der Waals surface area contributed by atoms with Crippen molar-refractivity contribution in [3.63, 3.8) is 0 Å². The first kappa shape index (κ1) is 15.7. The highest BCUT2D eigenvalue weighted by Gasteiger charge is 2.87. The van der Waals surface area contributed by atoms with Crippen molar-refractivity contribution in [3.05, 3.63) is 0 Å². The summed E-state index contributed by atoms with van der Waals surface area (Å²) in [6, 6.07) is 0. The van der Waals surface area contributed by atoms with Gasteiger partial charge < -0.3 is 0 Å². The molecule has 2 aliphatic rings. The van der Waals surface area contributed by atoms with E-state index in [0.29, 0.717) is 5.92 Å². The molecule has 1 spiro atoms. The van der Waals surface area contributed by atoms with Gasteiger partial charge >= 0.3 is 0 Å². The van der Waals surface area contributed by atoms with Crippen LogP contribution in [0.1, 0.15) is 68.7 Å². The van der Waals surface area contributed by atoms with E-state index in [1.54, 1.807) is 0 Å². The van der Waals surface area contributed by atoms with Gasteiger partial charge in [-0.15, -0.1) is 0 Å². The van der Waals surface area contributed by atoms with Crippen LogP contribution in [0.4, 0.5) is 0 Å². The fraction of sp³-hybridized carbons (Fsp3) is 1.00. The van der Waals surface area contributed by atoms with E-state index in [9.17, 15) is 0 Å². The van der Waals surface area contributed by atoms with Crippen molar-refractivity contribution in [3.8, 4) is 0 Å². The molecule has 0 bridgehead atoms. The Hall–Kier alpha value is 0.270. The van der Waals surface area contributed by atoms with Gasteiger partial charge in [0, 0.05) is 4.75 Å². The van der Waals surface area contributed by atoms with Crippen LogP contribution in [0.15, 0.2) is 0 Å². The normalized spacial score (nSPS) is 37.6. The van der Waals surface area contributed by atoms with E-state index in [-0.39, 0.29) is 21.0 Å². The Morgan fingerprint density at radius 3 is 1.68 bits per heavy atom. The van der Waals surface area contributed by atoms with Gasteiger partial charge in [-0.1, -0.05) is 74.1 Å². The van der Waals surface area contributed by atoms with Crippen molar-refractivity contribution in [2.75, 3.05) is 0 Å². The monoisotopic (exact) mass is 286 g/mol. The summed E-state index contributed by atoms with van der Waals surface area (Å²) in [6.45, 7) is 21.0. The largest absolute Gasteiger partial charge is 0.287 e. The van der Waals surface area contributed by atoms with Crippen molar-refractivity contribution in [2.45, 2.75) is 78.6 Å². The first-order valence-corrected chi connectivity index (χ1v) is 8.22. The van der Waals surface area contributed by atoms with Gasteiger partial charge in [-0.05, 0) is 23.2 Å². The quantitative estimate of drug-likeness (QED) is 0.513. The molecular formula is C16H30O2S. The lowest BCUT2D eigenvalue weighted by molar-refractivity contribution is -0.0753. The topological polar surface area (TPSA) is 25.1 Å². The molecule has 112 valence electrons.